The molecule has 138 valence electrons. The van der Waals surface area contributed by atoms with Gasteiger partial charge in [0.15, 0.2) is 6.29 Å². The monoisotopic (exact) mass is 431 g/mol. The fourth-order valence-electron chi connectivity index (χ4n) is 3.70. The fourth-order valence-corrected chi connectivity index (χ4v) is 4.12. The molecule has 0 aromatic heterocycles. The first-order valence-corrected chi connectivity index (χ1v) is 9.81. The van der Waals surface area contributed by atoms with Crippen LogP contribution in [-0.2, 0) is 16.8 Å². The molecule has 0 saturated carbocycles. The Morgan fingerprint density at radius 3 is 2.36 bits per heavy atom. The van der Waals surface area contributed by atoms with Gasteiger partial charge in [0.05, 0.1) is 0 Å². The average Bonchev–Trinajstić information content (AvgIpc) is 2.75. The van der Waals surface area contributed by atoms with Crippen molar-refractivity contribution >= 4 is 34.2 Å². The number of rotatable bonds is 4. The Labute approximate surface area is 172 Å². The normalized spacial score (nSPS) is 17.8. The summed E-state index contributed by atoms with van der Waals surface area (Å²) in [5, 5.41) is 0. The second-order valence-electron chi connectivity index (χ2n) is 6.75. The van der Waals surface area contributed by atoms with Crippen molar-refractivity contribution < 1.29 is 9.59 Å². The Kier molecular flexibility index (Phi) is 4.97. The topological polar surface area (TPSA) is 37.4 Å². The lowest BCUT2D eigenvalue weighted by Gasteiger charge is -2.42. The highest BCUT2D eigenvalue weighted by Gasteiger charge is 2.44. The highest BCUT2D eigenvalue weighted by molar-refractivity contribution is 9.10. The molecule has 28 heavy (non-hydrogen) atoms. The van der Waals surface area contributed by atoms with Gasteiger partial charge in [0.2, 0.25) is 0 Å². The third kappa shape index (κ3) is 3.10. The van der Waals surface area contributed by atoms with E-state index in [9.17, 15) is 9.59 Å². The third-order valence-electron chi connectivity index (χ3n) is 5.11. The number of benzene rings is 3. The number of fused-ring (bicyclic) bond motifs is 1. The van der Waals surface area contributed by atoms with E-state index in [-0.39, 0.29) is 5.91 Å². The zero-order valence-electron chi connectivity index (χ0n) is 15.1. The largest absolute Gasteiger partial charge is 0.300 e. The van der Waals surface area contributed by atoms with Gasteiger partial charge in [0, 0.05) is 22.7 Å². The molecule has 0 radical (unpaired) electrons. The highest BCUT2D eigenvalue weighted by atomic mass is 79.9. The minimum Gasteiger partial charge on any atom is -0.300 e. The molecule has 4 heteroatoms. The summed E-state index contributed by atoms with van der Waals surface area (Å²) in [7, 11) is 0. The van der Waals surface area contributed by atoms with Gasteiger partial charge in [-0.2, -0.15) is 0 Å². The second kappa shape index (κ2) is 7.56. The number of hydrogen-bond acceptors (Lipinski definition) is 2. The standard InChI is InChI=1S/C24H18BrNO2/c25-22-13-7-5-11-20(22)16-24(17-27)21-12-6-4-8-18(21)14-15-26(24)23(28)19-9-2-1-3-10-19/h1-15,17H,16H2. The maximum absolute atomic E-state index is 13.4. The van der Waals surface area contributed by atoms with Gasteiger partial charge in [-0.1, -0.05) is 76.6 Å². The molecule has 3 aromatic rings. The molecule has 0 spiro atoms. The van der Waals surface area contributed by atoms with Gasteiger partial charge in [0.25, 0.3) is 5.91 Å². The van der Waals surface area contributed by atoms with Crippen LogP contribution in [0.1, 0.15) is 27.0 Å². The molecule has 0 bridgehead atoms. The summed E-state index contributed by atoms with van der Waals surface area (Å²) in [5.74, 6) is -0.203. The van der Waals surface area contributed by atoms with Gasteiger partial charge in [-0.15, -0.1) is 0 Å². The van der Waals surface area contributed by atoms with E-state index in [0.717, 1.165) is 27.4 Å². The molecule has 1 aliphatic heterocycles. The quantitative estimate of drug-likeness (QED) is 0.531. The van der Waals surface area contributed by atoms with Crippen LogP contribution in [0.4, 0.5) is 0 Å². The number of carbonyl (C=O) groups excluding carboxylic acids is 2. The van der Waals surface area contributed by atoms with E-state index in [1.54, 1.807) is 23.2 Å². The first-order valence-electron chi connectivity index (χ1n) is 9.02. The SMILES string of the molecule is O=CC1(Cc2ccccc2Br)c2ccccc2C=CN1C(=O)c1ccccc1. The minimum atomic E-state index is -1.12. The second-order valence-corrected chi connectivity index (χ2v) is 7.61. The third-order valence-corrected chi connectivity index (χ3v) is 5.89. The molecule has 1 amide bonds. The molecular formula is C24H18BrNO2. The van der Waals surface area contributed by atoms with E-state index in [2.05, 4.69) is 15.9 Å². The maximum Gasteiger partial charge on any atom is 0.258 e. The van der Waals surface area contributed by atoms with Gasteiger partial charge < -0.3 is 4.79 Å². The number of amides is 1. The zero-order chi connectivity index (χ0) is 19.6. The summed E-state index contributed by atoms with van der Waals surface area (Å²) >= 11 is 3.58. The van der Waals surface area contributed by atoms with Crippen LogP contribution >= 0.6 is 15.9 Å². The van der Waals surface area contributed by atoms with E-state index in [1.807, 2.05) is 72.8 Å². The van der Waals surface area contributed by atoms with Crippen LogP contribution in [0.15, 0.2) is 89.5 Å². The van der Waals surface area contributed by atoms with Crippen LogP contribution in [0.5, 0.6) is 0 Å². The Balaban J connectivity index is 1.88. The Morgan fingerprint density at radius 1 is 0.929 bits per heavy atom. The molecule has 3 aromatic carbocycles. The number of aldehydes is 1. The van der Waals surface area contributed by atoms with E-state index in [4.69, 9.17) is 0 Å². The number of hydrogen-bond donors (Lipinski definition) is 0. The van der Waals surface area contributed by atoms with Crippen molar-refractivity contribution in [3.63, 3.8) is 0 Å². The summed E-state index contributed by atoms with van der Waals surface area (Å²) in [6, 6.07) is 24.6. The number of halogens is 1. The van der Waals surface area contributed by atoms with E-state index in [1.165, 1.54) is 0 Å². The molecule has 0 aliphatic carbocycles. The lowest BCUT2D eigenvalue weighted by molar-refractivity contribution is -0.116. The van der Waals surface area contributed by atoms with Gasteiger partial charge in [-0.05, 0) is 41.0 Å². The molecule has 0 fully saturated rings. The van der Waals surface area contributed by atoms with Crippen LogP contribution in [-0.4, -0.2) is 17.1 Å². The molecule has 1 unspecified atom stereocenters. The van der Waals surface area contributed by atoms with Crippen molar-refractivity contribution in [2.75, 3.05) is 0 Å². The predicted octanol–water partition coefficient (Wildman–Crippen LogP) is 5.21. The molecule has 1 heterocycles. The van der Waals surface area contributed by atoms with Crippen molar-refractivity contribution in [2.24, 2.45) is 0 Å². The van der Waals surface area contributed by atoms with Crippen LogP contribution in [0.25, 0.3) is 6.08 Å². The average molecular weight is 432 g/mol. The van der Waals surface area contributed by atoms with E-state index >= 15 is 0 Å². The highest BCUT2D eigenvalue weighted by Crippen LogP contribution is 2.39. The van der Waals surface area contributed by atoms with Crippen LogP contribution in [0, 0.1) is 0 Å². The molecule has 0 saturated heterocycles. The Bertz CT molecular complexity index is 1060. The first kappa shape index (κ1) is 18.4. The number of nitrogens with zero attached hydrogens (tertiary/aromatic N) is 1. The van der Waals surface area contributed by atoms with Gasteiger partial charge in [-0.3, -0.25) is 9.69 Å². The Hall–Kier alpha value is -2.98. The maximum atomic E-state index is 13.4. The van der Waals surface area contributed by atoms with Crippen LogP contribution < -0.4 is 0 Å². The summed E-state index contributed by atoms with van der Waals surface area (Å²) in [6.07, 6.45) is 4.88. The fraction of sp³-hybridized carbons (Fsp3) is 0.0833. The lowest BCUT2D eigenvalue weighted by Crippen LogP contribution is -2.51. The summed E-state index contributed by atoms with van der Waals surface area (Å²) < 4.78 is 0.912. The Morgan fingerprint density at radius 2 is 1.61 bits per heavy atom. The number of carbonyl (C=O) groups is 2. The van der Waals surface area contributed by atoms with Crippen LogP contribution in [0.2, 0.25) is 0 Å². The minimum absolute atomic E-state index is 0.203. The summed E-state index contributed by atoms with van der Waals surface area (Å²) in [4.78, 5) is 27.6. The molecule has 1 aliphatic rings. The van der Waals surface area contributed by atoms with Gasteiger partial charge in [-0.25, -0.2) is 0 Å². The molecule has 1 atom stereocenters. The molecule has 4 rings (SSSR count). The van der Waals surface area contributed by atoms with Gasteiger partial charge >= 0.3 is 0 Å². The predicted molar refractivity (Wildman–Crippen MR) is 114 cm³/mol. The molecule has 0 N–H and O–H groups in total. The van der Waals surface area contributed by atoms with Crippen molar-refractivity contribution in [1.82, 2.24) is 4.90 Å². The summed E-state index contributed by atoms with van der Waals surface area (Å²) in [5.41, 5.74) is 2.16. The van der Waals surface area contributed by atoms with Crippen molar-refractivity contribution in [2.45, 2.75) is 12.0 Å². The first-order chi connectivity index (χ1) is 13.7. The van der Waals surface area contributed by atoms with Crippen molar-refractivity contribution in [1.29, 1.82) is 0 Å². The lowest BCUT2D eigenvalue weighted by atomic mass is 9.79. The summed E-state index contributed by atoms with van der Waals surface area (Å²) in [6.45, 7) is 0. The smallest absolute Gasteiger partial charge is 0.258 e. The van der Waals surface area contributed by atoms with E-state index < -0.39 is 5.54 Å². The van der Waals surface area contributed by atoms with Gasteiger partial charge in [0.1, 0.15) is 5.54 Å². The van der Waals surface area contributed by atoms with Crippen LogP contribution in [0.3, 0.4) is 0 Å². The van der Waals surface area contributed by atoms with E-state index in [0.29, 0.717) is 12.0 Å². The molecule has 3 nitrogen and oxygen atoms in total. The molecular weight excluding hydrogens is 414 g/mol. The van der Waals surface area contributed by atoms with Crippen molar-refractivity contribution in [3.8, 4) is 0 Å². The van der Waals surface area contributed by atoms with Crippen molar-refractivity contribution in [3.05, 3.63) is 112 Å². The zero-order valence-corrected chi connectivity index (χ0v) is 16.7.